The minimum absolute atomic E-state index is 0.134. The molecule has 7 nitrogen and oxygen atoms in total. The van der Waals surface area contributed by atoms with Crippen molar-refractivity contribution in [1.82, 2.24) is 24.6 Å². The predicted molar refractivity (Wildman–Crippen MR) is 83.1 cm³/mol. The summed E-state index contributed by atoms with van der Waals surface area (Å²) in [6.07, 6.45) is 5.56. The van der Waals surface area contributed by atoms with Gasteiger partial charge in [0, 0.05) is 19.5 Å². The number of anilines is 1. The Kier molecular flexibility index (Phi) is 3.96. The highest BCUT2D eigenvalue weighted by Gasteiger charge is 2.26. The maximum Gasteiger partial charge on any atom is 0.223 e. The lowest BCUT2D eigenvalue weighted by Crippen LogP contribution is -2.41. The van der Waals surface area contributed by atoms with Crippen LogP contribution in [-0.4, -0.2) is 49.4 Å². The van der Waals surface area contributed by atoms with Crippen molar-refractivity contribution in [2.24, 2.45) is 0 Å². The molecule has 21 heavy (non-hydrogen) atoms. The Morgan fingerprint density at radius 2 is 2.33 bits per heavy atom. The average molecular weight is 306 g/mol. The lowest BCUT2D eigenvalue weighted by molar-refractivity contribution is -0.132. The maximum atomic E-state index is 12.0. The van der Waals surface area contributed by atoms with Crippen LogP contribution in [0.2, 0.25) is 0 Å². The Labute approximate surface area is 127 Å². The maximum absolute atomic E-state index is 12.0. The van der Waals surface area contributed by atoms with E-state index in [0.29, 0.717) is 24.5 Å². The van der Waals surface area contributed by atoms with Gasteiger partial charge in [-0.05, 0) is 18.6 Å². The van der Waals surface area contributed by atoms with Crippen LogP contribution < -0.4 is 5.73 Å². The van der Waals surface area contributed by atoms with E-state index >= 15 is 0 Å². The Balaban J connectivity index is 1.85. The summed E-state index contributed by atoms with van der Waals surface area (Å²) in [7, 11) is 0. The number of carbonyl (C=O) groups excluding carboxylic acids is 1. The number of hydrogen-bond acceptors (Lipinski definition) is 6. The Morgan fingerprint density at radius 3 is 3.14 bits per heavy atom. The summed E-state index contributed by atoms with van der Waals surface area (Å²) in [6, 6.07) is 0.134. The van der Waals surface area contributed by atoms with Crippen LogP contribution in [0.25, 0.3) is 11.0 Å². The molecule has 112 valence electrons. The van der Waals surface area contributed by atoms with E-state index in [1.165, 1.54) is 6.33 Å². The molecular weight excluding hydrogens is 288 g/mol. The monoisotopic (exact) mass is 306 g/mol. The highest BCUT2D eigenvalue weighted by Crippen LogP contribution is 2.26. The fraction of sp³-hybridized carbons (Fsp3) is 0.538. The van der Waals surface area contributed by atoms with E-state index < -0.39 is 0 Å². The number of aromatic nitrogens is 4. The van der Waals surface area contributed by atoms with Gasteiger partial charge in [-0.3, -0.25) is 4.79 Å². The topological polar surface area (TPSA) is 89.9 Å². The summed E-state index contributed by atoms with van der Waals surface area (Å²) in [6.45, 7) is 1.47. The number of nitrogens with zero attached hydrogens (tertiary/aromatic N) is 5. The zero-order chi connectivity index (χ0) is 14.8. The van der Waals surface area contributed by atoms with Gasteiger partial charge in [0.2, 0.25) is 5.91 Å². The second-order valence-electron chi connectivity index (χ2n) is 5.19. The number of rotatable bonds is 3. The van der Waals surface area contributed by atoms with Crippen LogP contribution in [0.3, 0.4) is 0 Å². The minimum atomic E-state index is 0.134. The molecular formula is C13H18N6OS. The van der Waals surface area contributed by atoms with Crippen LogP contribution >= 0.6 is 12.6 Å². The summed E-state index contributed by atoms with van der Waals surface area (Å²) in [4.78, 5) is 22.2. The first-order valence-electron chi connectivity index (χ1n) is 7.03. The second kappa shape index (κ2) is 5.88. The number of likely N-dealkylation sites (tertiary alicyclic amines) is 1. The normalized spacial score (nSPS) is 19.1. The SMILES string of the molecule is Nc1ncnc2c1cnn2[C@@H]1CCCN(C(=O)CCS)C1. The van der Waals surface area contributed by atoms with Crippen LogP contribution in [0.4, 0.5) is 5.82 Å². The van der Waals surface area contributed by atoms with Crippen molar-refractivity contribution in [3.8, 4) is 0 Å². The molecule has 1 saturated heterocycles. The Morgan fingerprint density at radius 1 is 1.48 bits per heavy atom. The quantitative estimate of drug-likeness (QED) is 0.822. The summed E-state index contributed by atoms with van der Waals surface area (Å²) in [5, 5.41) is 5.16. The van der Waals surface area contributed by atoms with Crippen molar-refractivity contribution in [3.63, 3.8) is 0 Å². The van der Waals surface area contributed by atoms with Gasteiger partial charge < -0.3 is 10.6 Å². The molecule has 3 rings (SSSR count). The largest absolute Gasteiger partial charge is 0.383 e. The van der Waals surface area contributed by atoms with Gasteiger partial charge in [-0.1, -0.05) is 0 Å². The zero-order valence-electron chi connectivity index (χ0n) is 11.6. The van der Waals surface area contributed by atoms with Crippen LogP contribution in [0.5, 0.6) is 0 Å². The van der Waals surface area contributed by atoms with Gasteiger partial charge in [0.05, 0.1) is 17.6 Å². The Bertz CT molecular complexity index is 657. The van der Waals surface area contributed by atoms with Gasteiger partial charge in [-0.15, -0.1) is 0 Å². The lowest BCUT2D eigenvalue weighted by atomic mass is 10.1. The van der Waals surface area contributed by atoms with E-state index in [9.17, 15) is 4.79 Å². The summed E-state index contributed by atoms with van der Waals surface area (Å²) < 4.78 is 1.87. The number of amides is 1. The number of hydrogen-bond donors (Lipinski definition) is 2. The third-order valence-corrected chi connectivity index (χ3v) is 4.07. The molecule has 0 unspecified atom stereocenters. The molecule has 1 atom stereocenters. The van der Waals surface area contributed by atoms with Crippen LogP contribution in [0, 0.1) is 0 Å². The molecule has 1 amide bonds. The molecule has 2 N–H and O–H groups in total. The molecule has 0 aromatic carbocycles. The fourth-order valence-electron chi connectivity index (χ4n) is 2.78. The van der Waals surface area contributed by atoms with E-state index in [1.54, 1.807) is 6.20 Å². The van der Waals surface area contributed by atoms with Crippen LogP contribution in [-0.2, 0) is 4.79 Å². The first-order valence-corrected chi connectivity index (χ1v) is 7.66. The van der Waals surface area contributed by atoms with Crippen molar-refractivity contribution < 1.29 is 4.79 Å². The fourth-order valence-corrected chi connectivity index (χ4v) is 2.97. The van der Waals surface area contributed by atoms with Gasteiger partial charge in [0.1, 0.15) is 12.1 Å². The minimum Gasteiger partial charge on any atom is -0.383 e. The van der Waals surface area contributed by atoms with Crippen molar-refractivity contribution >= 4 is 35.4 Å². The standard InChI is InChI=1S/C13H18N6OS/c14-12-10-6-17-19(13(10)16-8-15-12)9-2-1-4-18(7-9)11(20)3-5-21/h6,8-9,21H,1-5,7H2,(H2,14,15,16)/t9-/m1/s1. The third-order valence-electron chi connectivity index (χ3n) is 3.84. The Hall–Kier alpha value is -1.83. The van der Waals surface area contributed by atoms with E-state index in [0.717, 1.165) is 30.4 Å². The van der Waals surface area contributed by atoms with Gasteiger partial charge in [-0.25, -0.2) is 14.6 Å². The van der Waals surface area contributed by atoms with Crippen LogP contribution in [0.1, 0.15) is 25.3 Å². The van der Waals surface area contributed by atoms with Crippen molar-refractivity contribution in [2.45, 2.75) is 25.3 Å². The average Bonchev–Trinajstić information content (AvgIpc) is 2.93. The molecule has 8 heteroatoms. The highest BCUT2D eigenvalue weighted by molar-refractivity contribution is 7.80. The number of nitrogens with two attached hydrogens (primary N) is 1. The van der Waals surface area contributed by atoms with Crippen molar-refractivity contribution in [3.05, 3.63) is 12.5 Å². The van der Waals surface area contributed by atoms with Crippen molar-refractivity contribution in [2.75, 3.05) is 24.6 Å². The lowest BCUT2D eigenvalue weighted by Gasteiger charge is -2.33. The van der Waals surface area contributed by atoms with E-state index in [-0.39, 0.29) is 11.9 Å². The van der Waals surface area contributed by atoms with E-state index in [4.69, 9.17) is 5.73 Å². The smallest absolute Gasteiger partial charge is 0.223 e. The first-order chi connectivity index (χ1) is 10.2. The molecule has 1 fully saturated rings. The first kappa shape index (κ1) is 14.1. The predicted octanol–water partition coefficient (Wildman–Crippen LogP) is 0.892. The molecule has 0 spiro atoms. The summed E-state index contributed by atoms with van der Waals surface area (Å²) in [5.74, 6) is 1.17. The molecule has 3 heterocycles. The molecule has 0 radical (unpaired) electrons. The number of carbonyl (C=O) groups is 1. The number of fused-ring (bicyclic) bond motifs is 1. The number of nitrogen functional groups attached to an aromatic ring is 1. The molecule has 0 bridgehead atoms. The second-order valence-corrected chi connectivity index (χ2v) is 5.64. The molecule has 1 aliphatic heterocycles. The molecule has 2 aromatic heterocycles. The van der Waals surface area contributed by atoms with Gasteiger partial charge in [0.25, 0.3) is 0 Å². The van der Waals surface area contributed by atoms with Gasteiger partial charge in [0.15, 0.2) is 5.65 Å². The number of piperidine rings is 1. The molecule has 0 saturated carbocycles. The highest BCUT2D eigenvalue weighted by atomic mass is 32.1. The number of thiol groups is 1. The zero-order valence-corrected chi connectivity index (χ0v) is 12.5. The van der Waals surface area contributed by atoms with Gasteiger partial charge >= 0.3 is 0 Å². The van der Waals surface area contributed by atoms with E-state index in [2.05, 4.69) is 27.7 Å². The molecule has 0 aliphatic carbocycles. The summed E-state index contributed by atoms with van der Waals surface area (Å²) in [5.41, 5.74) is 6.57. The molecule has 2 aromatic rings. The van der Waals surface area contributed by atoms with Crippen LogP contribution in [0.15, 0.2) is 12.5 Å². The van der Waals surface area contributed by atoms with E-state index in [1.807, 2.05) is 9.58 Å². The third kappa shape index (κ3) is 2.67. The summed E-state index contributed by atoms with van der Waals surface area (Å²) >= 11 is 4.13. The molecule has 1 aliphatic rings. The van der Waals surface area contributed by atoms with Gasteiger partial charge in [-0.2, -0.15) is 17.7 Å². The van der Waals surface area contributed by atoms with Crippen molar-refractivity contribution in [1.29, 1.82) is 0 Å².